The Hall–Kier alpha value is -0.0000000000000000416. The molecule has 0 heterocycles. The topological polar surface area (TPSA) is 143 Å². The van der Waals surface area contributed by atoms with Crippen molar-refractivity contribution >= 4 is 16.5 Å². The van der Waals surface area contributed by atoms with Crippen LogP contribution >= 0.6 is 16.5 Å². The van der Waals surface area contributed by atoms with E-state index in [1.54, 1.807) is 0 Å². The SMILES string of the molecule is CCCCCO.O=[P+]([O-])O[P+](=O)O.[NH4+]. The average molecular weight is 249 g/mol. The molecule has 0 aliphatic heterocycles. The quantitative estimate of drug-likeness (QED) is 0.493. The molecule has 0 aliphatic rings. The first-order chi connectivity index (χ1) is 6.04. The van der Waals surface area contributed by atoms with Crippen molar-refractivity contribution < 1.29 is 28.3 Å². The summed E-state index contributed by atoms with van der Waals surface area (Å²) in [5.41, 5.74) is 0. The summed E-state index contributed by atoms with van der Waals surface area (Å²) in [6.45, 7) is 2.48. The highest BCUT2D eigenvalue weighted by Gasteiger charge is 2.23. The van der Waals surface area contributed by atoms with Gasteiger partial charge in [0.05, 0.1) is 0 Å². The smallest absolute Gasteiger partial charge is 0.563 e. The maximum atomic E-state index is 9.35. The zero-order chi connectivity index (χ0) is 10.7. The van der Waals surface area contributed by atoms with Crippen LogP contribution in [0.15, 0.2) is 0 Å². The first kappa shape index (κ1) is 19.6. The van der Waals surface area contributed by atoms with Gasteiger partial charge >= 0.3 is 16.5 Å². The number of quaternary nitrogens is 1. The third kappa shape index (κ3) is 29.6. The number of unbranched alkanes of at least 4 members (excludes halogenated alkanes) is 2. The van der Waals surface area contributed by atoms with E-state index in [0.29, 0.717) is 6.61 Å². The summed E-state index contributed by atoms with van der Waals surface area (Å²) < 4.78 is 21.9. The second-order valence-electron chi connectivity index (χ2n) is 1.97. The van der Waals surface area contributed by atoms with Crippen LogP contribution < -0.4 is 11.0 Å². The van der Waals surface area contributed by atoms with Gasteiger partial charge in [-0.3, -0.25) is 0 Å². The van der Waals surface area contributed by atoms with Gasteiger partial charge in [0.1, 0.15) is 4.31 Å². The Bertz CT molecular complexity index is 139. The maximum Gasteiger partial charge on any atom is 0.741 e. The minimum atomic E-state index is -3.17. The molecule has 0 radical (unpaired) electrons. The summed E-state index contributed by atoms with van der Waals surface area (Å²) in [6, 6.07) is 0. The van der Waals surface area contributed by atoms with Gasteiger partial charge in [0.2, 0.25) is 0 Å². The van der Waals surface area contributed by atoms with Gasteiger partial charge < -0.3 is 16.2 Å². The van der Waals surface area contributed by atoms with Crippen LogP contribution in [0.4, 0.5) is 0 Å². The molecule has 0 fully saturated rings. The standard InChI is InChI=1S/C5H12O.H3N.O5P2/c1-2-3-4-5-6;;1-6(2)5-7(3)4/h6H,2-5H2,1H3;1H3;/p+2. The second kappa shape index (κ2) is 15.5. The van der Waals surface area contributed by atoms with E-state index in [1.807, 2.05) is 0 Å². The largest absolute Gasteiger partial charge is 0.741 e. The predicted octanol–water partition coefficient (Wildman–Crippen LogP) is 1.22. The molecule has 0 saturated heterocycles. The van der Waals surface area contributed by atoms with E-state index in [-0.39, 0.29) is 6.15 Å². The molecule has 2 atom stereocenters. The molecular formula is C5H17NO6P2+2. The van der Waals surface area contributed by atoms with Crippen LogP contribution in [0.2, 0.25) is 0 Å². The maximum absolute atomic E-state index is 9.35. The highest BCUT2D eigenvalue weighted by molar-refractivity contribution is 7.45. The van der Waals surface area contributed by atoms with Crippen molar-refractivity contribution in [1.29, 1.82) is 0 Å². The van der Waals surface area contributed by atoms with E-state index in [9.17, 15) is 14.0 Å². The van der Waals surface area contributed by atoms with Crippen LogP contribution in [-0.2, 0) is 13.4 Å². The molecule has 0 spiro atoms. The first-order valence-corrected chi connectivity index (χ1v) is 5.86. The van der Waals surface area contributed by atoms with Gasteiger partial charge in [-0.05, 0) is 11.0 Å². The molecule has 0 saturated carbocycles. The van der Waals surface area contributed by atoms with Crippen LogP contribution in [0.5, 0.6) is 0 Å². The normalized spacial score (nSPS) is 10.6. The summed E-state index contributed by atoms with van der Waals surface area (Å²) in [7, 11) is -6.16. The van der Waals surface area contributed by atoms with Gasteiger partial charge in [0.15, 0.2) is 0 Å². The Morgan fingerprint density at radius 1 is 1.36 bits per heavy atom. The summed E-state index contributed by atoms with van der Waals surface area (Å²) >= 11 is 0. The summed E-state index contributed by atoms with van der Waals surface area (Å²) in [5.74, 6) is 0. The molecule has 7 nitrogen and oxygen atoms in total. The molecule has 2 unspecified atom stereocenters. The van der Waals surface area contributed by atoms with Gasteiger partial charge in [0, 0.05) is 11.2 Å². The Kier molecular flexibility index (Phi) is 21.6. The van der Waals surface area contributed by atoms with Crippen molar-refractivity contribution in [2.75, 3.05) is 6.61 Å². The van der Waals surface area contributed by atoms with E-state index in [1.165, 1.54) is 6.42 Å². The van der Waals surface area contributed by atoms with Crippen molar-refractivity contribution in [2.45, 2.75) is 26.2 Å². The van der Waals surface area contributed by atoms with Gasteiger partial charge in [-0.25, -0.2) is 0 Å². The van der Waals surface area contributed by atoms with E-state index in [0.717, 1.165) is 12.8 Å². The van der Waals surface area contributed by atoms with E-state index >= 15 is 0 Å². The fourth-order valence-electron chi connectivity index (χ4n) is 0.419. The van der Waals surface area contributed by atoms with Crippen molar-refractivity contribution in [2.24, 2.45) is 0 Å². The Balaban J connectivity index is -0.000000163. The molecule has 0 aromatic rings. The van der Waals surface area contributed by atoms with Crippen molar-refractivity contribution in [3.63, 3.8) is 0 Å². The number of rotatable bonds is 5. The highest BCUT2D eigenvalue weighted by atomic mass is 31.2. The van der Waals surface area contributed by atoms with Crippen molar-refractivity contribution in [3.8, 4) is 0 Å². The fourth-order valence-corrected chi connectivity index (χ4v) is 0.875. The van der Waals surface area contributed by atoms with Crippen LogP contribution in [0.1, 0.15) is 26.2 Å². The average Bonchev–Trinajstić information content (AvgIpc) is 1.99. The molecule has 0 aliphatic carbocycles. The lowest BCUT2D eigenvalue weighted by Gasteiger charge is -1.85. The number of hydrogen-bond donors (Lipinski definition) is 3. The lowest BCUT2D eigenvalue weighted by molar-refractivity contribution is -0.178. The summed E-state index contributed by atoms with van der Waals surface area (Å²) in [4.78, 5) is 16.9. The van der Waals surface area contributed by atoms with Crippen molar-refractivity contribution in [1.82, 2.24) is 6.15 Å². The highest BCUT2D eigenvalue weighted by Crippen LogP contribution is 2.27. The molecule has 0 rings (SSSR count). The Morgan fingerprint density at radius 2 is 1.86 bits per heavy atom. The van der Waals surface area contributed by atoms with Crippen LogP contribution in [0.3, 0.4) is 0 Å². The van der Waals surface area contributed by atoms with Gasteiger partial charge in [-0.15, -0.1) is 4.89 Å². The third-order valence-electron chi connectivity index (χ3n) is 0.898. The minimum Gasteiger partial charge on any atom is -0.563 e. The lowest BCUT2D eigenvalue weighted by atomic mass is 10.3. The third-order valence-corrected chi connectivity index (χ3v) is 1.99. The molecule has 0 aromatic carbocycles. The van der Waals surface area contributed by atoms with Gasteiger partial charge in [-0.2, -0.15) is 0 Å². The number of hydrogen-bond acceptors (Lipinski definition) is 5. The molecule has 14 heavy (non-hydrogen) atoms. The van der Waals surface area contributed by atoms with E-state index in [2.05, 4.69) is 11.2 Å². The second-order valence-corrected chi connectivity index (χ2v) is 3.55. The molecule has 6 N–H and O–H groups in total. The Labute approximate surface area is 84.6 Å². The van der Waals surface area contributed by atoms with Gasteiger partial charge in [-0.1, -0.05) is 19.8 Å². The van der Waals surface area contributed by atoms with Gasteiger partial charge in [0.25, 0.3) is 0 Å². The molecule has 86 valence electrons. The summed E-state index contributed by atoms with van der Waals surface area (Å²) in [5, 5.41) is 8.20. The molecule has 9 heteroatoms. The Morgan fingerprint density at radius 3 is 1.93 bits per heavy atom. The molecule has 0 aromatic heterocycles. The molecular weight excluding hydrogens is 232 g/mol. The fraction of sp³-hybridized carbons (Fsp3) is 1.00. The predicted molar refractivity (Wildman–Crippen MR) is 51.1 cm³/mol. The van der Waals surface area contributed by atoms with E-state index in [4.69, 9.17) is 10.00 Å². The van der Waals surface area contributed by atoms with Crippen molar-refractivity contribution in [3.05, 3.63) is 0 Å². The zero-order valence-corrected chi connectivity index (χ0v) is 10.0. The first-order valence-electron chi connectivity index (χ1n) is 3.64. The zero-order valence-electron chi connectivity index (χ0n) is 8.25. The van der Waals surface area contributed by atoms with Crippen LogP contribution in [0, 0.1) is 0 Å². The summed E-state index contributed by atoms with van der Waals surface area (Å²) in [6.07, 6.45) is 3.33. The van der Waals surface area contributed by atoms with E-state index < -0.39 is 16.5 Å². The van der Waals surface area contributed by atoms with Crippen LogP contribution in [-0.4, -0.2) is 16.6 Å². The lowest BCUT2D eigenvalue weighted by Crippen LogP contribution is -1.83. The molecule has 0 bridgehead atoms. The minimum absolute atomic E-state index is 0. The molecule has 0 amide bonds. The number of aliphatic hydroxyl groups excluding tert-OH is 1. The monoisotopic (exact) mass is 249 g/mol. The number of aliphatic hydroxyl groups is 1. The van der Waals surface area contributed by atoms with Crippen LogP contribution in [0.25, 0.3) is 0 Å².